The summed E-state index contributed by atoms with van der Waals surface area (Å²) in [5.41, 5.74) is 2.12. The molecule has 0 aliphatic heterocycles. The number of carbonyl (C=O) groups is 2. The minimum absolute atomic E-state index is 0.307. The van der Waals surface area contributed by atoms with Crippen molar-refractivity contribution in [1.29, 1.82) is 0 Å². The van der Waals surface area contributed by atoms with Crippen molar-refractivity contribution in [2.75, 3.05) is 5.32 Å². The van der Waals surface area contributed by atoms with E-state index in [0.717, 1.165) is 11.1 Å². The van der Waals surface area contributed by atoms with Crippen molar-refractivity contribution < 1.29 is 9.59 Å². The minimum Gasteiger partial charge on any atom is -0.340 e. The third-order valence-corrected chi connectivity index (χ3v) is 6.11. The van der Waals surface area contributed by atoms with E-state index in [-0.39, 0.29) is 0 Å². The summed E-state index contributed by atoms with van der Waals surface area (Å²) in [5.74, 6) is -0.791. The number of amides is 2. The number of nitrogens with zero attached hydrogens (tertiary/aromatic N) is 2. The van der Waals surface area contributed by atoms with E-state index in [9.17, 15) is 9.59 Å². The van der Waals surface area contributed by atoms with Crippen LogP contribution in [-0.4, -0.2) is 28.1 Å². The van der Waals surface area contributed by atoms with Gasteiger partial charge in [-0.15, -0.1) is 10.2 Å². The van der Waals surface area contributed by atoms with Crippen molar-refractivity contribution >= 4 is 51.5 Å². The number of anilines is 1. The quantitative estimate of drug-likeness (QED) is 0.354. The van der Waals surface area contributed by atoms with Crippen molar-refractivity contribution in [3.63, 3.8) is 0 Å². The third kappa shape index (κ3) is 6.16. The maximum atomic E-state index is 13.1. The van der Waals surface area contributed by atoms with Gasteiger partial charge in [0.25, 0.3) is 5.91 Å². The number of nitrogens with one attached hydrogen (secondary N) is 2. The Kier molecular flexibility index (Phi) is 7.34. The van der Waals surface area contributed by atoms with Gasteiger partial charge in [-0.2, -0.15) is 0 Å². The average molecular weight is 497 g/mol. The summed E-state index contributed by atoms with van der Waals surface area (Å²) in [6.07, 6.45) is 0.307. The molecule has 0 aliphatic rings. The third-order valence-electron chi connectivity index (χ3n) is 4.74. The van der Waals surface area contributed by atoms with Gasteiger partial charge in [0.2, 0.25) is 11.0 Å². The molecule has 0 bridgehead atoms. The van der Waals surface area contributed by atoms with Gasteiger partial charge >= 0.3 is 0 Å². The van der Waals surface area contributed by atoms with Crippen LogP contribution >= 0.6 is 34.5 Å². The predicted molar refractivity (Wildman–Crippen MR) is 132 cm³/mol. The molecule has 1 atom stereocenters. The molecule has 33 heavy (non-hydrogen) atoms. The van der Waals surface area contributed by atoms with Crippen molar-refractivity contribution in [1.82, 2.24) is 15.5 Å². The van der Waals surface area contributed by atoms with E-state index in [2.05, 4.69) is 20.8 Å². The van der Waals surface area contributed by atoms with Crippen LogP contribution in [-0.2, 0) is 11.2 Å². The summed E-state index contributed by atoms with van der Waals surface area (Å²) in [5, 5.41) is 15.8. The summed E-state index contributed by atoms with van der Waals surface area (Å²) in [7, 11) is 0. The van der Waals surface area contributed by atoms with Crippen molar-refractivity contribution in [2.24, 2.45) is 0 Å². The molecule has 3 aromatic carbocycles. The Labute approximate surface area is 204 Å². The lowest BCUT2D eigenvalue weighted by Gasteiger charge is -2.18. The lowest BCUT2D eigenvalue weighted by molar-refractivity contribution is -0.118. The van der Waals surface area contributed by atoms with E-state index >= 15 is 0 Å². The lowest BCUT2D eigenvalue weighted by Crippen LogP contribution is -2.45. The zero-order valence-corrected chi connectivity index (χ0v) is 19.5. The number of rotatable bonds is 7. The Balaban J connectivity index is 1.51. The van der Waals surface area contributed by atoms with Crippen LogP contribution in [0.25, 0.3) is 10.6 Å². The number of carbonyl (C=O) groups excluding carboxylic acids is 2. The van der Waals surface area contributed by atoms with Crippen LogP contribution in [0.4, 0.5) is 5.13 Å². The van der Waals surface area contributed by atoms with E-state index in [1.807, 2.05) is 42.5 Å². The summed E-state index contributed by atoms with van der Waals surface area (Å²) < 4.78 is 0. The number of aromatic nitrogens is 2. The molecule has 1 aromatic heterocycles. The van der Waals surface area contributed by atoms with Crippen LogP contribution in [0.3, 0.4) is 0 Å². The van der Waals surface area contributed by atoms with E-state index in [1.54, 1.807) is 36.4 Å². The van der Waals surface area contributed by atoms with Gasteiger partial charge in [0.15, 0.2) is 0 Å². The van der Waals surface area contributed by atoms with Crippen LogP contribution in [0.5, 0.6) is 0 Å². The first-order valence-corrected chi connectivity index (χ1v) is 11.6. The van der Waals surface area contributed by atoms with Gasteiger partial charge < -0.3 is 5.32 Å². The Hall–Kier alpha value is -3.26. The normalized spacial score (nSPS) is 11.6. The minimum atomic E-state index is -0.832. The fourth-order valence-electron chi connectivity index (χ4n) is 3.11. The molecule has 0 saturated carbocycles. The average Bonchev–Trinajstić information content (AvgIpc) is 3.28. The molecule has 2 N–H and O–H groups in total. The highest BCUT2D eigenvalue weighted by molar-refractivity contribution is 7.18. The Morgan fingerprint density at radius 2 is 1.64 bits per heavy atom. The number of benzene rings is 3. The van der Waals surface area contributed by atoms with Crippen molar-refractivity contribution in [2.45, 2.75) is 12.5 Å². The molecular weight excluding hydrogens is 479 g/mol. The topological polar surface area (TPSA) is 84.0 Å². The highest BCUT2D eigenvalue weighted by atomic mass is 35.5. The highest BCUT2D eigenvalue weighted by Crippen LogP contribution is 2.27. The summed E-state index contributed by atoms with van der Waals surface area (Å²) in [6.45, 7) is 0. The summed E-state index contributed by atoms with van der Waals surface area (Å²) >= 11 is 13.2. The standard InChI is InChI=1S/C24H18Cl2N4O2S/c25-18-11-9-16(10-12-18)23-29-30-24(33-23)28-22(32)20(13-15-5-2-1-3-6-15)27-21(31)17-7-4-8-19(26)14-17/h1-12,14,20H,13H2,(H,27,31)(H,28,30,32)/t20-/m0/s1. The maximum absolute atomic E-state index is 13.1. The molecule has 0 saturated heterocycles. The largest absolute Gasteiger partial charge is 0.340 e. The molecule has 9 heteroatoms. The Bertz CT molecular complexity index is 1260. The lowest BCUT2D eigenvalue weighted by atomic mass is 10.0. The first-order chi connectivity index (χ1) is 16.0. The predicted octanol–water partition coefficient (Wildman–Crippen LogP) is 5.49. The Morgan fingerprint density at radius 1 is 0.879 bits per heavy atom. The van der Waals surface area contributed by atoms with E-state index < -0.39 is 17.9 Å². The van der Waals surface area contributed by atoms with Gasteiger partial charge in [-0.3, -0.25) is 14.9 Å². The second-order valence-electron chi connectivity index (χ2n) is 7.13. The number of hydrogen-bond acceptors (Lipinski definition) is 5. The SMILES string of the molecule is O=C(N[C@@H](Cc1ccccc1)C(=O)Nc1nnc(-c2ccc(Cl)cc2)s1)c1cccc(Cl)c1. The molecular formula is C24H18Cl2N4O2S. The molecule has 0 fully saturated rings. The fraction of sp³-hybridized carbons (Fsp3) is 0.0833. The van der Waals surface area contributed by atoms with Crippen LogP contribution in [0.15, 0.2) is 78.9 Å². The maximum Gasteiger partial charge on any atom is 0.251 e. The molecule has 6 nitrogen and oxygen atoms in total. The fourth-order valence-corrected chi connectivity index (χ4v) is 4.17. The van der Waals surface area contributed by atoms with Gasteiger partial charge in [0, 0.05) is 27.6 Å². The van der Waals surface area contributed by atoms with Crippen LogP contribution in [0.2, 0.25) is 10.0 Å². The van der Waals surface area contributed by atoms with Gasteiger partial charge in [-0.25, -0.2) is 0 Å². The molecule has 0 spiro atoms. The zero-order chi connectivity index (χ0) is 23.2. The smallest absolute Gasteiger partial charge is 0.251 e. The number of hydrogen-bond donors (Lipinski definition) is 2. The van der Waals surface area contributed by atoms with Crippen LogP contribution < -0.4 is 10.6 Å². The molecule has 0 radical (unpaired) electrons. The number of halogens is 2. The van der Waals surface area contributed by atoms with Crippen LogP contribution in [0.1, 0.15) is 15.9 Å². The summed E-state index contributed by atoms with van der Waals surface area (Å²) in [4.78, 5) is 25.9. The van der Waals surface area contributed by atoms with Gasteiger partial charge in [0.05, 0.1) is 0 Å². The zero-order valence-electron chi connectivity index (χ0n) is 17.2. The Morgan fingerprint density at radius 3 is 2.36 bits per heavy atom. The molecule has 1 heterocycles. The second-order valence-corrected chi connectivity index (χ2v) is 8.99. The van der Waals surface area contributed by atoms with Crippen LogP contribution in [0, 0.1) is 0 Å². The molecule has 0 aliphatic carbocycles. The van der Waals surface area contributed by atoms with Gasteiger partial charge in [-0.1, -0.05) is 83.1 Å². The van der Waals surface area contributed by atoms with E-state index in [4.69, 9.17) is 23.2 Å². The van der Waals surface area contributed by atoms with E-state index in [0.29, 0.717) is 32.2 Å². The van der Waals surface area contributed by atoms with Crippen molar-refractivity contribution in [3.05, 3.63) is 100 Å². The molecule has 166 valence electrons. The summed E-state index contributed by atoms with van der Waals surface area (Å²) in [6, 6.07) is 22.4. The monoisotopic (exact) mass is 496 g/mol. The molecule has 0 unspecified atom stereocenters. The first kappa shape index (κ1) is 22.9. The highest BCUT2D eigenvalue weighted by Gasteiger charge is 2.23. The first-order valence-electron chi connectivity index (χ1n) is 9.98. The molecule has 4 aromatic rings. The van der Waals surface area contributed by atoms with Gasteiger partial charge in [-0.05, 0) is 35.9 Å². The molecule has 2 amide bonds. The second kappa shape index (κ2) is 10.6. The van der Waals surface area contributed by atoms with Crippen molar-refractivity contribution in [3.8, 4) is 10.6 Å². The molecule has 4 rings (SSSR count). The van der Waals surface area contributed by atoms with E-state index in [1.165, 1.54) is 11.3 Å². The van der Waals surface area contributed by atoms with Gasteiger partial charge in [0.1, 0.15) is 11.0 Å².